The van der Waals surface area contributed by atoms with E-state index in [1.807, 2.05) is 32.0 Å². The molecule has 0 aliphatic heterocycles. The van der Waals surface area contributed by atoms with Gasteiger partial charge in [-0.15, -0.1) is 29.4 Å². The van der Waals surface area contributed by atoms with E-state index in [2.05, 4.69) is 29.0 Å². The van der Waals surface area contributed by atoms with Gasteiger partial charge < -0.3 is 29.0 Å². The van der Waals surface area contributed by atoms with Crippen LogP contribution in [0, 0.1) is 29.4 Å². The summed E-state index contributed by atoms with van der Waals surface area (Å²) < 4.78 is 0. The van der Waals surface area contributed by atoms with Crippen LogP contribution in [0.3, 0.4) is 0 Å². The first-order chi connectivity index (χ1) is 11.7. The molecule has 0 unspecified atom stereocenters. The molecule has 0 radical (unpaired) electrons. The van der Waals surface area contributed by atoms with E-state index in [0.29, 0.717) is 0 Å². The quantitative estimate of drug-likeness (QED) is 0.258. The largest absolute Gasteiger partial charge is 0.360 e. The van der Waals surface area contributed by atoms with Crippen molar-refractivity contribution in [3.05, 3.63) is 29.4 Å². The fourth-order valence-corrected chi connectivity index (χ4v) is 1.47. The molecule has 134 valence electrons. The summed E-state index contributed by atoms with van der Waals surface area (Å²) >= 11 is 0. The van der Waals surface area contributed by atoms with Crippen molar-refractivity contribution >= 4 is 0 Å². The van der Waals surface area contributed by atoms with Crippen LogP contribution in [0.25, 0.3) is 0 Å². The van der Waals surface area contributed by atoms with Gasteiger partial charge in [-0.25, -0.2) is 0 Å². The lowest BCUT2D eigenvalue weighted by Crippen LogP contribution is -2.50. The van der Waals surface area contributed by atoms with E-state index >= 15 is 0 Å². The van der Waals surface area contributed by atoms with Gasteiger partial charge in [0.25, 0.3) is 0 Å². The normalized spacial score (nSPS) is 14.5. The van der Waals surface area contributed by atoms with E-state index in [1.165, 1.54) is 0 Å². The lowest BCUT2D eigenvalue weighted by atomic mass is 10.0. The first-order valence-corrected chi connectivity index (χ1v) is 5.53. The zero-order valence-corrected chi connectivity index (χ0v) is 11.3. The fraction of sp³-hybridized carbons (Fsp3) is 1.00. The minimum Gasteiger partial charge on any atom is -0.360 e. The molecule has 18 nitrogen and oxygen atoms in total. The van der Waals surface area contributed by atoms with Crippen molar-refractivity contribution in [2.24, 2.45) is 32.0 Å². The zero-order valence-electron chi connectivity index (χ0n) is 11.3. The van der Waals surface area contributed by atoms with Crippen molar-refractivity contribution in [3.63, 3.8) is 0 Å². The van der Waals surface area contributed by atoms with Gasteiger partial charge in [-0.05, 0) is 0 Å². The third-order valence-electron chi connectivity index (χ3n) is 2.33. The minimum absolute atomic E-state index is 0.845. The van der Waals surface area contributed by atoms with Crippen molar-refractivity contribution in [3.8, 4) is 0 Å². The molecule has 0 heterocycles. The summed E-state index contributed by atoms with van der Waals surface area (Å²) in [5.41, 5.74) is 0. The van der Waals surface area contributed by atoms with Crippen LogP contribution >= 0.6 is 0 Å². The fourth-order valence-electron chi connectivity index (χ4n) is 1.47. The number of hydrogen-bond acceptors (Lipinski definition) is 18. The number of hydrogen-bond donors (Lipinski definition) is 0. The molecule has 0 rings (SSSR count). The summed E-state index contributed by atoms with van der Waals surface area (Å²) in [6.45, 7) is -1.69. The van der Waals surface area contributed by atoms with Crippen molar-refractivity contribution in [2.75, 3.05) is 13.2 Å². The SMILES string of the molecule is O=NOC[C@@H](ON=O)[C@@H](ON=O)[C@H](ON=O)[C@@H](CON=O)ON=O. The molecule has 0 bridgehead atoms. The molecule has 0 N–H and O–H groups in total. The van der Waals surface area contributed by atoms with Crippen molar-refractivity contribution in [2.45, 2.75) is 24.4 Å². The third kappa shape index (κ3) is 6.91. The van der Waals surface area contributed by atoms with Gasteiger partial charge in [-0.3, -0.25) is 0 Å². The molecule has 0 fully saturated rings. The van der Waals surface area contributed by atoms with E-state index in [1.54, 1.807) is 0 Å². The highest BCUT2D eigenvalue weighted by molar-refractivity contribution is 4.85. The van der Waals surface area contributed by atoms with Gasteiger partial charge in [-0.1, -0.05) is 0 Å². The standard InChI is InChI=1S/C6H8N6O12/c13-7-19-1-3(21-9-15)5(23-11-17)6(24-12-18)4(22-10-16)2-20-8-14/h3-6H,1-2H2/t3-,4-,5-,6-/m1/s1. The summed E-state index contributed by atoms with van der Waals surface area (Å²) in [5.74, 6) is 0. The monoisotopic (exact) mass is 356 g/mol. The highest BCUT2D eigenvalue weighted by Gasteiger charge is 2.45. The molecule has 0 aliphatic rings. The summed E-state index contributed by atoms with van der Waals surface area (Å²) in [7, 11) is 0. The molecule has 18 heteroatoms. The Morgan fingerprint density at radius 1 is 0.500 bits per heavy atom. The highest BCUT2D eigenvalue weighted by Crippen LogP contribution is 2.20. The van der Waals surface area contributed by atoms with E-state index in [0.717, 1.165) is 0 Å². The third-order valence-corrected chi connectivity index (χ3v) is 2.33. The molecule has 0 spiro atoms. The predicted octanol–water partition coefficient (Wildman–Crippen LogP) is 0.649. The maximum absolute atomic E-state index is 10.3. The molecule has 24 heavy (non-hydrogen) atoms. The van der Waals surface area contributed by atoms with E-state index < -0.39 is 37.6 Å². The Labute approximate surface area is 129 Å². The van der Waals surface area contributed by atoms with Gasteiger partial charge in [0.05, 0.1) is 0 Å². The van der Waals surface area contributed by atoms with Crippen LogP contribution in [-0.4, -0.2) is 37.6 Å². The molecular formula is C6H8N6O12. The summed E-state index contributed by atoms with van der Waals surface area (Å²) in [6, 6.07) is 0. The Balaban J connectivity index is 5.52. The average molecular weight is 356 g/mol. The van der Waals surface area contributed by atoms with Gasteiger partial charge in [0.15, 0.2) is 45.3 Å². The highest BCUT2D eigenvalue weighted by atomic mass is 16.8. The van der Waals surface area contributed by atoms with Gasteiger partial charge >= 0.3 is 0 Å². The van der Waals surface area contributed by atoms with Crippen LogP contribution in [0.15, 0.2) is 32.0 Å². The predicted molar refractivity (Wildman–Crippen MR) is 66.2 cm³/mol. The Morgan fingerprint density at radius 3 is 1.08 bits per heavy atom. The van der Waals surface area contributed by atoms with Crippen LogP contribution in [0.1, 0.15) is 0 Å². The van der Waals surface area contributed by atoms with E-state index in [-0.39, 0.29) is 0 Å². The second kappa shape index (κ2) is 13.1. The van der Waals surface area contributed by atoms with Gasteiger partial charge in [0.2, 0.25) is 24.4 Å². The van der Waals surface area contributed by atoms with Gasteiger partial charge in [0, 0.05) is 0 Å². The van der Waals surface area contributed by atoms with Crippen LogP contribution in [-0.2, 0) is 29.0 Å². The van der Waals surface area contributed by atoms with Crippen LogP contribution in [0.5, 0.6) is 0 Å². The Hall–Kier alpha value is -3.60. The van der Waals surface area contributed by atoms with Crippen LogP contribution in [0.2, 0.25) is 0 Å². The molecule has 4 atom stereocenters. The molecule has 0 aliphatic carbocycles. The van der Waals surface area contributed by atoms with Crippen molar-refractivity contribution < 1.29 is 29.0 Å². The summed E-state index contributed by atoms with van der Waals surface area (Å²) in [6.07, 6.45) is -7.23. The first kappa shape index (κ1) is 20.4. The maximum Gasteiger partial charge on any atom is 0.217 e. The van der Waals surface area contributed by atoms with Gasteiger partial charge in [0.1, 0.15) is 0 Å². The maximum atomic E-state index is 10.3. The van der Waals surface area contributed by atoms with Gasteiger partial charge in [-0.2, -0.15) is 0 Å². The van der Waals surface area contributed by atoms with Crippen molar-refractivity contribution in [1.29, 1.82) is 0 Å². The van der Waals surface area contributed by atoms with E-state index in [9.17, 15) is 29.4 Å². The number of rotatable bonds is 17. The Morgan fingerprint density at radius 2 is 0.833 bits per heavy atom. The average Bonchev–Trinajstić information content (AvgIpc) is 2.59. The van der Waals surface area contributed by atoms with Crippen LogP contribution < -0.4 is 0 Å². The summed E-state index contributed by atoms with van der Waals surface area (Å²) in [4.78, 5) is 86.2. The topological polar surface area (TPSA) is 232 Å². The van der Waals surface area contributed by atoms with E-state index in [4.69, 9.17) is 0 Å². The zero-order chi connectivity index (χ0) is 18.2. The molecule has 0 amide bonds. The Kier molecular flexibility index (Phi) is 11.1. The molecular weight excluding hydrogens is 348 g/mol. The minimum atomic E-state index is -1.89. The first-order valence-electron chi connectivity index (χ1n) is 5.53. The molecule has 0 saturated carbocycles. The molecule has 0 saturated heterocycles. The molecule has 0 aromatic carbocycles. The lowest BCUT2D eigenvalue weighted by Gasteiger charge is -2.27. The molecule has 0 aromatic rings. The second-order valence-electron chi connectivity index (χ2n) is 3.47. The van der Waals surface area contributed by atoms with Crippen LogP contribution in [0.4, 0.5) is 0 Å². The molecule has 0 aromatic heterocycles. The Bertz CT molecular complexity index is 385. The van der Waals surface area contributed by atoms with Crippen molar-refractivity contribution in [1.82, 2.24) is 0 Å². The number of nitrogens with zero attached hydrogens (tertiary/aromatic N) is 6. The smallest absolute Gasteiger partial charge is 0.217 e. The lowest BCUT2D eigenvalue weighted by molar-refractivity contribution is -0.199. The summed E-state index contributed by atoms with van der Waals surface area (Å²) in [5, 5.41) is 12.1. The second-order valence-corrected chi connectivity index (χ2v) is 3.47.